The zero-order valence-corrected chi connectivity index (χ0v) is 15.4. The number of halogens is 2. The van der Waals surface area contributed by atoms with E-state index in [1.165, 1.54) is 0 Å². The van der Waals surface area contributed by atoms with Crippen LogP contribution in [0.15, 0.2) is 18.3 Å². The van der Waals surface area contributed by atoms with Gasteiger partial charge in [0.05, 0.1) is 0 Å². The van der Waals surface area contributed by atoms with Gasteiger partial charge >= 0.3 is 0 Å². The van der Waals surface area contributed by atoms with Crippen molar-refractivity contribution in [3.63, 3.8) is 0 Å². The van der Waals surface area contributed by atoms with E-state index >= 15 is 0 Å². The molecule has 0 spiro atoms. The number of nitrogens with one attached hydrogen (secondary N) is 2. The Labute approximate surface area is 150 Å². The molecule has 8 heteroatoms. The number of piperidine rings is 1. The number of rotatable bonds is 5. The number of nitrogens with zero attached hydrogens (tertiary/aromatic N) is 2. The summed E-state index contributed by atoms with van der Waals surface area (Å²) in [5.74, 6) is 0.828. The molecule has 2 N–H and O–H groups in total. The number of anilines is 1. The van der Waals surface area contributed by atoms with E-state index in [4.69, 9.17) is 4.74 Å². The van der Waals surface area contributed by atoms with Crippen molar-refractivity contribution in [2.45, 2.75) is 25.0 Å². The van der Waals surface area contributed by atoms with E-state index in [0.29, 0.717) is 19.4 Å². The summed E-state index contributed by atoms with van der Waals surface area (Å²) in [6.45, 7) is 2.06. The van der Waals surface area contributed by atoms with Crippen LogP contribution in [0.2, 0.25) is 0 Å². The Morgan fingerprint density at radius 3 is 2.61 bits per heavy atom. The molecule has 1 aromatic rings. The van der Waals surface area contributed by atoms with E-state index in [2.05, 4.69) is 15.6 Å². The highest BCUT2D eigenvalue weighted by molar-refractivity contribution is 5.86. The molecule has 1 aromatic heterocycles. The number of carbonyl (C=O) groups is 1. The Morgan fingerprint density at radius 2 is 2.04 bits per heavy atom. The molecule has 1 aliphatic rings. The Balaban J connectivity index is 0.00000242. The number of amides is 1. The summed E-state index contributed by atoms with van der Waals surface area (Å²) in [5, 5.41) is 6.25. The van der Waals surface area contributed by atoms with Crippen molar-refractivity contribution in [1.82, 2.24) is 15.6 Å². The van der Waals surface area contributed by atoms with Crippen LogP contribution in [0, 0.1) is 0 Å². The zero-order valence-electron chi connectivity index (χ0n) is 13.8. The second kappa shape index (κ2) is 9.93. The molecule has 1 aliphatic heterocycles. The third-order valence-corrected chi connectivity index (χ3v) is 3.95. The lowest BCUT2D eigenvalue weighted by atomic mass is 9.91. The van der Waals surface area contributed by atoms with Gasteiger partial charge in [-0.15, -0.1) is 24.8 Å². The first-order valence-electron chi connectivity index (χ1n) is 7.24. The van der Waals surface area contributed by atoms with Gasteiger partial charge in [-0.25, -0.2) is 4.98 Å². The van der Waals surface area contributed by atoms with Crippen molar-refractivity contribution in [3.05, 3.63) is 23.9 Å². The van der Waals surface area contributed by atoms with Gasteiger partial charge < -0.3 is 20.3 Å². The van der Waals surface area contributed by atoms with Crippen molar-refractivity contribution in [2.24, 2.45) is 0 Å². The monoisotopic (exact) mass is 364 g/mol. The van der Waals surface area contributed by atoms with Gasteiger partial charge in [-0.3, -0.25) is 4.79 Å². The Hall–Kier alpha value is -1.08. The molecule has 2 heterocycles. The molecule has 0 unspecified atom stereocenters. The third-order valence-electron chi connectivity index (χ3n) is 3.95. The molecule has 1 amide bonds. The maximum Gasteiger partial charge on any atom is 0.252 e. The topological polar surface area (TPSA) is 66.5 Å². The first-order chi connectivity index (χ1) is 10.1. The minimum Gasteiger partial charge on any atom is -0.368 e. The van der Waals surface area contributed by atoms with E-state index in [1.54, 1.807) is 13.3 Å². The summed E-state index contributed by atoms with van der Waals surface area (Å²) in [4.78, 5) is 18.8. The Kier molecular flexibility index (Phi) is 9.46. The van der Waals surface area contributed by atoms with Crippen LogP contribution in [-0.2, 0) is 16.1 Å². The van der Waals surface area contributed by atoms with E-state index in [-0.39, 0.29) is 30.7 Å². The van der Waals surface area contributed by atoms with Gasteiger partial charge in [0, 0.05) is 39.5 Å². The average molecular weight is 365 g/mol. The molecule has 0 bridgehead atoms. The average Bonchev–Trinajstić information content (AvgIpc) is 2.53. The number of pyridine rings is 1. The summed E-state index contributed by atoms with van der Waals surface area (Å²) in [6, 6.07) is 3.86. The van der Waals surface area contributed by atoms with Crippen molar-refractivity contribution in [3.8, 4) is 0 Å². The first kappa shape index (κ1) is 21.9. The van der Waals surface area contributed by atoms with Gasteiger partial charge in [-0.2, -0.15) is 0 Å². The third kappa shape index (κ3) is 5.21. The molecule has 0 saturated carbocycles. The molecule has 1 fully saturated rings. The number of carbonyl (C=O) groups excluding carboxylic acids is 1. The highest BCUT2D eigenvalue weighted by atomic mass is 35.5. The quantitative estimate of drug-likeness (QED) is 0.825. The summed E-state index contributed by atoms with van der Waals surface area (Å²) >= 11 is 0. The van der Waals surface area contributed by atoms with Gasteiger partial charge in [-0.1, -0.05) is 6.07 Å². The minimum atomic E-state index is -0.703. The molecule has 0 aliphatic carbocycles. The fraction of sp³-hybridized carbons (Fsp3) is 0.600. The second-order valence-corrected chi connectivity index (χ2v) is 5.51. The second-order valence-electron chi connectivity index (χ2n) is 5.51. The van der Waals surface area contributed by atoms with E-state index in [0.717, 1.165) is 24.5 Å². The van der Waals surface area contributed by atoms with E-state index in [9.17, 15) is 4.79 Å². The molecule has 0 radical (unpaired) electrons. The van der Waals surface area contributed by atoms with Crippen LogP contribution in [0.3, 0.4) is 0 Å². The van der Waals surface area contributed by atoms with Gasteiger partial charge in [0.25, 0.3) is 5.91 Å². The van der Waals surface area contributed by atoms with E-state index in [1.807, 2.05) is 31.1 Å². The Morgan fingerprint density at radius 1 is 1.39 bits per heavy atom. The van der Waals surface area contributed by atoms with Crippen LogP contribution in [0.5, 0.6) is 0 Å². The van der Waals surface area contributed by atoms with Crippen LogP contribution >= 0.6 is 24.8 Å². The maximum atomic E-state index is 12.5. The van der Waals surface area contributed by atoms with E-state index < -0.39 is 5.60 Å². The van der Waals surface area contributed by atoms with Gasteiger partial charge in [0.2, 0.25) is 0 Å². The molecular weight excluding hydrogens is 339 g/mol. The molecular formula is C15H26Cl2N4O2. The standard InChI is InChI=1S/C15H24N4O2.2ClH/c1-19(2)13-12(5-4-8-17-13)11-18-14(20)15(21-3)6-9-16-10-7-15;;/h4-5,8,16H,6-7,9-11H2,1-3H3,(H,18,20);2*1H. The smallest absolute Gasteiger partial charge is 0.252 e. The SMILES string of the molecule is COC1(C(=O)NCc2cccnc2N(C)C)CCNCC1.Cl.Cl. The van der Waals surface area contributed by atoms with Crippen molar-refractivity contribution >= 4 is 36.5 Å². The number of methoxy groups -OCH3 is 1. The van der Waals surface area contributed by atoms with Crippen LogP contribution in [0.1, 0.15) is 18.4 Å². The lowest BCUT2D eigenvalue weighted by Crippen LogP contribution is -2.54. The lowest BCUT2D eigenvalue weighted by molar-refractivity contribution is -0.146. The number of ether oxygens (including phenoxy) is 1. The van der Waals surface area contributed by atoms with Crippen molar-refractivity contribution < 1.29 is 9.53 Å². The number of hydrogen-bond acceptors (Lipinski definition) is 5. The maximum absolute atomic E-state index is 12.5. The predicted molar refractivity (Wildman–Crippen MR) is 96.8 cm³/mol. The minimum absolute atomic E-state index is 0. The summed E-state index contributed by atoms with van der Waals surface area (Å²) in [5.41, 5.74) is 0.294. The largest absolute Gasteiger partial charge is 0.368 e. The molecule has 0 aromatic carbocycles. The highest BCUT2D eigenvalue weighted by Crippen LogP contribution is 2.23. The fourth-order valence-corrected chi connectivity index (χ4v) is 2.66. The zero-order chi connectivity index (χ0) is 15.3. The molecule has 6 nitrogen and oxygen atoms in total. The van der Waals surface area contributed by atoms with Crippen molar-refractivity contribution in [2.75, 3.05) is 39.2 Å². The summed E-state index contributed by atoms with van der Waals surface area (Å²) < 4.78 is 5.53. The molecule has 132 valence electrons. The van der Waals surface area contributed by atoms with Crippen molar-refractivity contribution in [1.29, 1.82) is 0 Å². The molecule has 0 atom stereocenters. The van der Waals surface area contributed by atoms with Crippen LogP contribution in [-0.4, -0.2) is 50.8 Å². The first-order valence-corrected chi connectivity index (χ1v) is 7.24. The number of hydrogen-bond donors (Lipinski definition) is 2. The molecule has 1 saturated heterocycles. The van der Waals surface area contributed by atoms with Crippen LogP contribution < -0.4 is 15.5 Å². The summed E-state index contributed by atoms with van der Waals surface area (Å²) in [6.07, 6.45) is 3.15. The Bertz CT molecular complexity index is 494. The van der Waals surface area contributed by atoms with Crippen LogP contribution in [0.4, 0.5) is 5.82 Å². The molecule has 2 rings (SSSR count). The van der Waals surface area contributed by atoms with Gasteiger partial charge in [0.1, 0.15) is 11.4 Å². The predicted octanol–water partition coefficient (Wildman–Crippen LogP) is 1.38. The van der Waals surface area contributed by atoms with Crippen LogP contribution in [0.25, 0.3) is 0 Å². The van der Waals surface area contributed by atoms with Gasteiger partial charge in [-0.05, 0) is 32.0 Å². The highest BCUT2D eigenvalue weighted by Gasteiger charge is 2.39. The normalized spacial score (nSPS) is 15.8. The summed E-state index contributed by atoms with van der Waals surface area (Å²) in [7, 11) is 5.49. The number of aromatic nitrogens is 1. The fourth-order valence-electron chi connectivity index (χ4n) is 2.66. The lowest BCUT2D eigenvalue weighted by Gasteiger charge is -2.34. The van der Waals surface area contributed by atoms with Gasteiger partial charge in [0.15, 0.2) is 0 Å². The molecule has 23 heavy (non-hydrogen) atoms.